The van der Waals surface area contributed by atoms with Crippen molar-refractivity contribution in [2.24, 2.45) is 0 Å². The van der Waals surface area contributed by atoms with Gasteiger partial charge in [-0.15, -0.1) is 0 Å². The number of ether oxygens (including phenoxy) is 1. The first-order valence-electron chi connectivity index (χ1n) is 5.63. The van der Waals surface area contributed by atoms with E-state index in [0.29, 0.717) is 11.3 Å². The van der Waals surface area contributed by atoms with Gasteiger partial charge in [-0.25, -0.2) is 8.78 Å². The Morgan fingerprint density at radius 1 is 1.44 bits per heavy atom. The number of hydrogen-bond donors (Lipinski definition) is 1. The van der Waals surface area contributed by atoms with E-state index >= 15 is 0 Å². The van der Waals surface area contributed by atoms with Gasteiger partial charge in [0.2, 0.25) is 0 Å². The van der Waals surface area contributed by atoms with Crippen LogP contribution in [0.25, 0.3) is 11.0 Å². The molecule has 0 saturated heterocycles. The molecule has 6 heteroatoms. The summed E-state index contributed by atoms with van der Waals surface area (Å²) in [6.45, 7) is 2.15. The Hall–Kier alpha value is -1.27. The molecule has 0 spiro atoms. The first-order chi connectivity index (χ1) is 8.58. The van der Waals surface area contributed by atoms with Crippen molar-refractivity contribution in [1.82, 2.24) is 9.55 Å². The van der Waals surface area contributed by atoms with Crippen LogP contribution in [0.2, 0.25) is 0 Å². The molecule has 2 aromatic rings. The van der Waals surface area contributed by atoms with Gasteiger partial charge in [-0.1, -0.05) is 6.07 Å². The number of imidazole rings is 1. The van der Waals surface area contributed by atoms with Gasteiger partial charge in [0, 0.05) is 6.54 Å². The molecule has 1 aromatic carbocycles. The topological polar surface area (TPSA) is 29.9 Å². The average molecular weight is 272 g/mol. The predicted octanol–water partition coefficient (Wildman–Crippen LogP) is 3.29. The van der Waals surface area contributed by atoms with Crippen molar-refractivity contribution in [3.05, 3.63) is 28.5 Å². The summed E-state index contributed by atoms with van der Waals surface area (Å²) in [6, 6.07) is 5.96. The van der Waals surface area contributed by atoms with E-state index in [1.165, 1.54) is 0 Å². The highest BCUT2D eigenvalue weighted by Gasteiger charge is 2.06. The Bertz CT molecular complexity index is 591. The lowest BCUT2D eigenvalue weighted by atomic mass is 10.2. The number of alkyl halides is 2. The fourth-order valence-corrected chi connectivity index (χ4v) is 2.11. The van der Waals surface area contributed by atoms with Crippen LogP contribution in [-0.2, 0) is 11.3 Å². The zero-order valence-corrected chi connectivity index (χ0v) is 10.8. The van der Waals surface area contributed by atoms with Crippen LogP contribution in [0.3, 0.4) is 0 Å². The average Bonchev–Trinajstić information content (AvgIpc) is 2.60. The molecule has 0 aliphatic rings. The molecular weight excluding hydrogens is 258 g/mol. The van der Waals surface area contributed by atoms with E-state index in [4.69, 9.17) is 17.0 Å². The molecule has 3 nitrogen and oxygen atoms in total. The third-order valence-electron chi connectivity index (χ3n) is 2.63. The number of nitrogens with one attached hydrogen (secondary N) is 1. The third kappa shape index (κ3) is 2.94. The number of nitrogens with zero attached hydrogens (tertiary/aromatic N) is 1. The molecule has 1 aromatic heterocycles. The third-order valence-corrected chi connectivity index (χ3v) is 2.96. The van der Waals surface area contributed by atoms with Gasteiger partial charge >= 0.3 is 0 Å². The van der Waals surface area contributed by atoms with Gasteiger partial charge in [0.25, 0.3) is 6.43 Å². The van der Waals surface area contributed by atoms with Gasteiger partial charge in [0.15, 0.2) is 4.77 Å². The number of aromatic nitrogens is 2. The van der Waals surface area contributed by atoms with Crippen LogP contribution in [0.15, 0.2) is 18.2 Å². The van der Waals surface area contributed by atoms with Gasteiger partial charge in [-0.05, 0) is 36.8 Å². The summed E-state index contributed by atoms with van der Waals surface area (Å²) in [7, 11) is 0. The Labute approximate surface area is 108 Å². The maximum atomic E-state index is 11.9. The maximum Gasteiger partial charge on any atom is 0.261 e. The SMILES string of the molecule is Cc1ccc2[nH]c(=S)n(CCOCC(F)F)c2c1. The monoisotopic (exact) mass is 272 g/mol. The molecule has 2 rings (SSSR count). The second kappa shape index (κ2) is 5.58. The number of hydrogen-bond acceptors (Lipinski definition) is 2. The summed E-state index contributed by atoms with van der Waals surface area (Å²) in [6.07, 6.45) is -2.43. The molecule has 1 heterocycles. The van der Waals surface area contributed by atoms with Crippen LogP contribution in [0.4, 0.5) is 8.78 Å². The lowest BCUT2D eigenvalue weighted by molar-refractivity contribution is 0.0149. The van der Waals surface area contributed by atoms with E-state index in [-0.39, 0.29) is 6.61 Å². The second-order valence-electron chi connectivity index (χ2n) is 4.07. The lowest BCUT2D eigenvalue weighted by Crippen LogP contribution is -2.10. The molecule has 0 unspecified atom stereocenters. The number of benzene rings is 1. The maximum absolute atomic E-state index is 11.9. The molecule has 98 valence electrons. The van der Waals surface area contributed by atoms with Crippen LogP contribution in [-0.4, -0.2) is 29.2 Å². The van der Waals surface area contributed by atoms with E-state index in [9.17, 15) is 8.78 Å². The van der Waals surface area contributed by atoms with E-state index in [1.54, 1.807) is 0 Å². The number of fused-ring (bicyclic) bond motifs is 1. The number of aryl methyl sites for hydroxylation is 1. The highest BCUT2D eigenvalue weighted by Crippen LogP contribution is 2.15. The highest BCUT2D eigenvalue weighted by molar-refractivity contribution is 7.71. The molecule has 0 radical (unpaired) electrons. The zero-order chi connectivity index (χ0) is 13.1. The fraction of sp³-hybridized carbons (Fsp3) is 0.417. The smallest absolute Gasteiger partial charge is 0.261 e. The molecular formula is C12H14F2N2OS. The Morgan fingerprint density at radius 2 is 2.22 bits per heavy atom. The predicted molar refractivity (Wildman–Crippen MR) is 68.7 cm³/mol. The molecule has 0 bridgehead atoms. The zero-order valence-electron chi connectivity index (χ0n) is 9.95. The van der Waals surface area contributed by atoms with E-state index in [0.717, 1.165) is 16.6 Å². The Balaban J connectivity index is 2.14. The molecule has 0 atom stereocenters. The quantitative estimate of drug-likeness (QED) is 0.668. The number of rotatable bonds is 5. The number of H-pyrrole nitrogens is 1. The first kappa shape index (κ1) is 13.2. The van der Waals surface area contributed by atoms with Crippen molar-refractivity contribution < 1.29 is 13.5 Å². The first-order valence-corrected chi connectivity index (χ1v) is 6.04. The summed E-state index contributed by atoms with van der Waals surface area (Å²) in [5, 5.41) is 0. The Morgan fingerprint density at radius 3 is 2.94 bits per heavy atom. The minimum atomic E-state index is -2.43. The van der Waals surface area contributed by atoms with E-state index in [2.05, 4.69) is 4.98 Å². The van der Waals surface area contributed by atoms with E-state index < -0.39 is 13.0 Å². The van der Waals surface area contributed by atoms with Crippen molar-refractivity contribution in [3.63, 3.8) is 0 Å². The van der Waals surface area contributed by atoms with Crippen LogP contribution >= 0.6 is 12.2 Å². The normalized spacial score (nSPS) is 11.6. The van der Waals surface area contributed by atoms with Crippen molar-refractivity contribution in [2.75, 3.05) is 13.2 Å². The van der Waals surface area contributed by atoms with Crippen molar-refractivity contribution in [3.8, 4) is 0 Å². The van der Waals surface area contributed by atoms with Crippen molar-refractivity contribution in [2.45, 2.75) is 19.9 Å². The molecule has 0 aliphatic carbocycles. The van der Waals surface area contributed by atoms with Crippen molar-refractivity contribution >= 4 is 23.3 Å². The molecule has 0 saturated carbocycles. The minimum Gasteiger partial charge on any atom is -0.374 e. The number of halogens is 2. The number of aromatic amines is 1. The van der Waals surface area contributed by atoms with Crippen LogP contribution in [0.1, 0.15) is 5.56 Å². The Kier molecular flexibility index (Phi) is 4.08. The van der Waals surface area contributed by atoms with E-state index in [1.807, 2.05) is 29.7 Å². The standard InChI is InChI=1S/C12H14F2N2OS/c1-8-2-3-9-10(6-8)16(12(18)15-9)4-5-17-7-11(13)14/h2-3,6,11H,4-5,7H2,1H3,(H,15,18). The molecule has 18 heavy (non-hydrogen) atoms. The molecule has 0 aliphatic heterocycles. The van der Waals surface area contributed by atoms with Crippen molar-refractivity contribution in [1.29, 1.82) is 0 Å². The summed E-state index contributed by atoms with van der Waals surface area (Å²) < 4.78 is 31.2. The molecule has 0 fully saturated rings. The highest BCUT2D eigenvalue weighted by atomic mass is 32.1. The van der Waals surface area contributed by atoms with Crippen LogP contribution in [0, 0.1) is 11.7 Å². The van der Waals surface area contributed by atoms with Gasteiger partial charge in [0.05, 0.1) is 17.6 Å². The lowest BCUT2D eigenvalue weighted by Gasteiger charge is -2.06. The van der Waals surface area contributed by atoms with Gasteiger partial charge in [-0.3, -0.25) is 0 Å². The summed E-state index contributed by atoms with van der Waals surface area (Å²) >= 11 is 5.20. The van der Waals surface area contributed by atoms with Crippen LogP contribution < -0.4 is 0 Å². The van der Waals surface area contributed by atoms with Gasteiger partial charge in [0.1, 0.15) is 6.61 Å². The van der Waals surface area contributed by atoms with Gasteiger partial charge in [-0.2, -0.15) is 0 Å². The molecule has 0 amide bonds. The second-order valence-corrected chi connectivity index (χ2v) is 4.46. The summed E-state index contributed by atoms with van der Waals surface area (Å²) in [5.41, 5.74) is 3.04. The van der Waals surface area contributed by atoms with Gasteiger partial charge < -0.3 is 14.3 Å². The van der Waals surface area contributed by atoms with Crippen LogP contribution in [0.5, 0.6) is 0 Å². The summed E-state index contributed by atoms with van der Waals surface area (Å²) in [4.78, 5) is 3.08. The molecule has 1 N–H and O–H groups in total. The summed E-state index contributed by atoms with van der Waals surface area (Å²) in [5.74, 6) is 0. The fourth-order valence-electron chi connectivity index (χ4n) is 1.81. The largest absolute Gasteiger partial charge is 0.374 e. The minimum absolute atomic E-state index is 0.222.